The molecule has 22 heavy (non-hydrogen) atoms. The van der Waals surface area contributed by atoms with E-state index in [0.29, 0.717) is 29.2 Å². The third kappa shape index (κ3) is 2.69. The zero-order valence-electron chi connectivity index (χ0n) is 11.9. The van der Waals surface area contributed by atoms with E-state index < -0.39 is 0 Å². The zero-order valence-corrected chi connectivity index (χ0v) is 12.7. The number of esters is 1. The van der Waals surface area contributed by atoms with Crippen molar-refractivity contribution in [2.45, 2.75) is 6.42 Å². The highest BCUT2D eigenvalue weighted by Crippen LogP contribution is 2.32. The lowest BCUT2D eigenvalue weighted by Gasteiger charge is -2.23. The van der Waals surface area contributed by atoms with Crippen LogP contribution in [0.3, 0.4) is 0 Å². The van der Waals surface area contributed by atoms with Crippen molar-refractivity contribution in [2.75, 3.05) is 13.7 Å². The number of phenols is 1. The van der Waals surface area contributed by atoms with E-state index in [-0.39, 0.29) is 23.4 Å². The van der Waals surface area contributed by atoms with Crippen LogP contribution in [-0.4, -0.2) is 30.6 Å². The first-order chi connectivity index (χ1) is 10.6. The first-order valence-electron chi connectivity index (χ1n) is 6.75. The molecule has 1 atom stereocenters. The lowest BCUT2D eigenvalue weighted by molar-refractivity contribution is 0.0606. The fourth-order valence-corrected chi connectivity index (χ4v) is 3.42. The first-order valence-corrected chi connectivity index (χ1v) is 7.57. The maximum Gasteiger partial charge on any atom is 0.348 e. The summed E-state index contributed by atoms with van der Waals surface area (Å²) in [6.07, 6.45) is 0.496. The Morgan fingerprint density at radius 3 is 3.00 bits per heavy atom. The molecule has 1 unspecified atom stereocenters. The van der Waals surface area contributed by atoms with Crippen LogP contribution in [0, 0.1) is 5.92 Å². The molecule has 0 spiro atoms. The van der Waals surface area contributed by atoms with Crippen LogP contribution in [0.25, 0.3) is 0 Å². The Hall–Kier alpha value is -2.34. The van der Waals surface area contributed by atoms with Crippen molar-refractivity contribution < 1.29 is 24.2 Å². The molecule has 0 saturated heterocycles. The molecule has 0 radical (unpaired) electrons. The largest absolute Gasteiger partial charge is 0.508 e. The second-order valence-corrected chi connectivity index (χ2v) is 6.18. The number of thiophene rings is 1. The third-order valence-corrected chi connectivity index (χ3v) is 4.62. The molecule has 3 rings (SSSR count). The lowest BCUT2D eigenvalue weighted by atomic mass is 9.92. The average molecular weight is 318 g/mol. The number of hydrogen-bond donors (Lipinski definition) is 1. The van der Waals surface area contributed by atoms with E-state index in [1.165, 1.54) is 30.6 Å². The summed E-state index contributed by atoms with van der Waals surface area (Å²) < 4.78 is 10.3. The zero-order chi connectivity index (χ0) is 15.7. The summed E-state index contributed by atoms with van der Waals surface area (Å²) >= 11 is 1.31. The number of benzene rings is 1. The topological polar surface area (TPSA) is 72.8 Å². The van der Waals surface area contributed by atoms with Gasteiger partial charge in [-0.25, -0.2) is 4.79 Å². The molecule has 5 nitrogen and oxygen atoms in total. The number of Topliss-reactive ketones (excluding diaryl/α,β-unsaturated/α-hetero) is 1. The van der Waals surface area contributed by atoms with Crippen LogP contribution in [0.1, 0.15) is 24.9 Å². The van der Waals surface area contributed by atoms with E-state index in [1.807, 2.05) is 6.07 Å². The third-order valence-electron chi connectivity index (χ3n) is 3.54. The van der Waals surface area contributed by atoms with Gasteiger partial charge in [-0.2, -0.15) is 0 Å². The van der Waals surface area contributed by atoms with Gasteiger partial charge >= 0.3 is 5.97 Å². The fraction of sp³-hybridized carbons (Fsp3) is 0.250. The standard InChI is InChI=1S/C16H14O5S/c1-20-16(19)14-5-3-11(22-14)6-9-8-21-13-4-2-10(17)7-12(13)15(9)18/h2-5,7,9,17H,6,8H2,1H3. The number of rotatable bonds is 3. The van der Waals surface area contributed by atoms with Gasteiger partial charge in [-0.1, -0.05) is 0 Å². The predicted octanol–water partition coefficient (Wildman–Crippen LogP) is 2.67. The highest BCUT2D eigenvalue weighted by Gasteiger charge is 2.29. The van der Waals surface area contributed by atoms with Crippen molar-refractivity contribution in [3.8, 4) is 11.5 Å². The van der Waals surface area contributed by atoms with E-state index in [0.717, 1.165) is 4.88 Å². The fourth-order valence-electron chi connectivity index (χ4n) is 2.41. The molecule has 0 saturated carbocycles. The van der Waals surface area contributed by atoms with E-state index in [2.05, 4.69) is 4.74 Å². The van der Waals surface area contributed by atoms with E-state index in [9.17, 15) is 14.7 Å². The SMILES string of the molecule is COC(=O)c1ccc(CC2COc3ccc(O)cc3C2=O)s1. The van der Waals surface area contributed by atoms with Crippen molar-refractivity contribution in [2.24, 2.45) is 5.92 Å². The Balaban J connectivity index is 1.78. The van der Waals surface area contributed by atoms with Crippen molar-refractivity contribution >= 4 is 23.1 Å². The number of phenolic OH excluding ortho intramolecular Hbond substituents is 1. The number of carbonyl (C=O) groups is 2. The van der Waals surface area contributed by atoms with Crippen LogP contribution in [0.2, 0.25) is 0 Å². The second-order valence-electron chi connectivity index (χ2n) is 5.01. The Kier molecular flexibility index (Phi) is 3.85. The van der Waals surface area contributed by atoms with Crippen LogP contribution >= 0.6 is 11.3 Å². The van der Waals surface area contributed by atoms with Gasteiger partial charge in [0.15, 0.2) is 5.78 Å². The predicted molar refractivity (Wildman–Crippen MR) is 80.8 cm³/mol. The monoisotopic (exact) mass is 318 g/mol. The molecular weight excluding hydrogens is 304 g/mol. The molecule has 1 N–H and O–H groups in total. The Bertz CT molecular complexity index is 734. The van der Waals surface area contributed by atoms with Gasteiger partial charge in [-0.15, -0.1) is 11.3 Å². The van der Waals surface area contributed by atoms with Crippen LogP contribution < -0.4 is 4.74 Å². The van der Waals surface area contributed by atoms with Gasteiger partial charge in [0.25, 0.3) is 0 Å². The lowest BCUT2D eigenvalue weighted by Crippen LogP contribution is -2.29. The number of ketones is 1. The maximum atomic E-state index is 12.5. The van der Waals surface area contributed by atoms with Crippen molar-refractivity contribution in [3.63, 3.8) is 0 Å². The number of ether oxygens (including phenoxy) is 2. The summed E-state index contributed by atoms with van der Waals surface area (Å²) in [6.45, 7) is 0.294. The van der Waals surface area contributed by atoms with Gasteiger partial charge in [0.1, 0.15) is 16.4 Å². The van der Waals surface area contributed by atoms with E-state index >= 15 is 0 Å². The molecule has 2 heterocycles. The molecule has 114 valence electrons. The molecule has 1 aromatic carbocycles. The molecule has 0 amide bonds. The maximum absolute atomic E-state index is 12.5. The van der Waals surface area contributed by atoms with Gasteiger partial charge in [-0.3, -0.25) is 4.79 Å². The van der Waals surface area contributed by atoms with Crippen LogP contribution in [0.15, 0.2) is 30.3 Å². The molecule has 0 aliphatic carbocycles. The second kappa shape index (κ2) is 5.81. The number of hydrogen-bond acceptors (Lipinski definition) is 6. The molecule has 2 aromatic rings. The normalized spacial score (nSPS) is 16.8. The number of methoxy groups -OCH3 is 1. The number of aromatic hydroxyl groups is 1. The van der Waals surface area contributed by atoms with Gasteiger partial charge < -0.3 is 14.6 Å². The minimum absolute atomic E-state index is 0.0421. The summed E-state index contributed by atoms with van der Waals surface area (Å²) in [5, 5.41) is 9.52. The number of carbonyl (C=O) groups excluding carboxylic acids is 2. The molecular formula is C16H14O5S. The minimum Gasteiger partial charge on any atom is -0.508 e. The minimum atomic E-state index is -0.377. The Morgan fingerprint density at radius 1 is 1.41 bits per heavy atom. The van der Waals surface area contributed by atoms with Crippen LogP contribution in [0.5, 0.6) is 11.5 Å². The summed E-state index contributed by atoms with van der Waals surface area (Å²) in [5.74, 6) is -0.206. The van der Waals surface area contributed by atoms with Gasteiger partial charge in [0.2, 0.25) is 0 Å². The van der Waals surface area contributed by atoms with Gasteiger partial charge in [0, 0.05) is 4.88 Å². The Morgan fingerprint density at radius 2 is 2.23 bits per heavy atom. The molecule has 1 aromatic heterocycles. The van der Waals surface area contributed by atoms with Crippen molar-refractivity contribution in [1.82, 2.24) is 0 Å². The Labute approximate surface area is 131 Å². The molecule has 1 aliphatic heterocycles. The first kappa shape index (κ1) is 14.6. The van der Waals surface area contributed by atoms with Crippen molar-refractivity contribution in [1.29, 1.82) is 0 Å². The summed E-state index contributed by atoms with van der Waals surface area (Å²) in [7, 11) is 1.34. The van der Waals surface area contributed by atoms with E-state index in [4.69, 9.17) is 4.74 Å². The van der Waals surface area contributed by atoms with E-state index in [1.54, 1.807) is 12.1 Å². The summed E-state index contributed by atoms with van der Waals surface area (Å²) in [5.41, 5.74) is 0.404. The summed E-state index contributed by atoms with van der Waals surface area (Å²) in [6, 6.07) is 8.04. The molecule has 0 bridgehead atoms. The molecule has 6 heteroatoms. The van der Waals surface area contributed by atoms with Gasteiger partial charge in [0.05, 0.1) is 25.2 Å². The van der Waals surface area contributed by atoms with Crippen molar-refractivity contribution in [3.05, 3.63) is 45.6 Å². The quantitative estimate of drug-likeness (QED) is 0.881. The molecule has 1 aliphatic rings. The highest BCUT2D eigenvalue weighted by molar-refractivity contribution is 7.13. The van der Waals surface area contributed by atoms with Crippen LogP contribution in [0.4, 0.5) is 0 Å². The van der Waals surface area contributed by atoms with Crippen LogP contribution in [-0.2, 0) is 11.2 Å². The van der Waals surface area contributed by atoms with Gasteiger partial charge in [-0.05, 0) is 36.8 Å². The summed E-state index contributed by atoms with van der Waals surface area (Å²) in [4.78, 5) is 25.4. The number of fused-ring (bicyclic) bond motifs is 1. The highest BCUT2D eigenvalue weighted by atomic mass is 32.1. The molecule has 0 fully saturated rings. The average Bonchev–Trinajstić information content (AvgIpc) is 2.98. The smallest absolute Gasteiger partial charge is 0.348 e.